The highest BCUT2D eigenvalue weighted by Gasteiger charge is 2.13. The van der Waals surface area contributed by atoms with Crippen molar-refractivity contribution in [1.29, 1.82) is 0 Å². The molecule has 1 aliphatic heterocycles. The third-order valence-electron chi connectivity index (χ3n) is 5.50. The summed E-state index contributed by atoms with van der Waals surface area (Å²) < 4.78 is 11.5. The molecule has 0 spiro atoms. The lowest BCUT2D eigenvalue weighted by Gasteiger charge is -2.16. The Hall–Kier alpha value is -3.59. The van der Waals surface area contributed by atoms with Gasteiger partial charge in [0, 0.05) is 5.56 Å². The van der Waals surface area contributed by atoms with Crippen LogP contribution in [0.3, 0.4) is 0 Å². The second kappa shape index (κ2) is 8.03. The van der Waals surface area contributed by atoms with Gasteiger partial charge in [-0.3, -0.25) is 4.79 Å². The van der Waals surface area contributed by atoms with Gasteiger partial charge in [-0.2, -0.15) is 0 Å². The lowest BCUT2D eigenvalue weighted by atomic mass is 9.96. The highest BCUT2D eigenvalue weighted by molar-refractivity contribution is 6.12. The minimum Gasteiger partial charge on any atom is -0.490 e. The Morgan fingerprint density at radius 1 is 0.733 bits per heavy atom. The summed E-state index contributed by atoms with van der Waals surface area (Å²) in [5, 5.41) is 4.59. The first-order valence-corrected chi connectivity index (χ1v) is 10.3. The van der Waals surface area contributed by atoms with Crippen LogP contribution in [-0.4, -0.2) is 19.0 Å². The molecule has 0 aliphatic carbocycles. The van der Waals surface area contributed by atoms with Crippen LogP contribution in [0.4, 0.5) is 0 Å². The Balaban J connectivity index is 1.53. The molecule has 0 saturated heterocycles. The third-order valence-corrected chi connectivity index (χ3v) is 5.50. The zero-order valence-electron chi connectivity index (χ0n) is 16.6. The fourth-order valence-corrected chi connectivity index (χ4v) is 3.95. The predicted molar refractivity (Wildman–Crippen MR) is 121 cm³/mol. The molecule has 4 aromatic carbocycles. The van der Waals surface area contributed by atoms with E-state index in [0.717, 1.165) is 39.9 Å². The molecule has 0 unspecified atom stereocenters. The number of rotatable bonds is 3. The molecule has 1 aliphatic rings. The van der Waals surface area contributed by atoms with Crippen LogP contribution in [-0.2, 0) is 0 Å². The van der Waals surface area contributed by atoms with Crippen molar-refractivity contribution >= 4 is 33.4 Å². The summed E-state index contributed by atoms with van der Waals surface area (Å²) >= 11 is 0. The number of carbonyl (C=O) groups excluding carboxylic acids is 1. The van der Waals surface area contributed by atoms with E-state index in [1.807, 2.05) is 36.4 Å². The van der Waals surface area contributed by atoms with Gasteiger partial charge in [0.05, 0.1) is 13.2 Å². The highest BCUT2D eigenvalue weighted by Crippen LogP contribution is 2.32. The number of benzene rings is 4. The third kappa shape index (κ3) is 3.55. The monoisotopic (exact) mass is 394 g/mol. The average molecular weight is 394 g/mol. The van der Waals surface area contributed by atoms with Gasteiger partial charge in [0.25, 0.3) is 0 Å². The van der Waals surface area contributed by atoms with Crippen LogP contribution < -0.4 is 9.47 Å². The van der Waals surface area contributed by atoms with Crippen LogP contribution in [0.15, 0.2) is 78.9 Å². The van der Waals surface area contributed by atoms with Crippen molar-refractivity contribution in [3.63, 3.8) is 0 Å². The minimum atomic E-state index is -0.0551. The van der Waals surface area contributed by atoms with Gasteiger partial charge < -0.3 is 9.47 Å². The van der Waals surface area contributed by atoms with Crippen molar-refractivity contribution < 1.29 is 14.3 Å². The molecule has 0 amide bonds. The fraction of sp³-hybridized carbons (Fsp3) is 0.148. The summed E-state index contributed by atoms with van der Waals surface area (Å²) in [6, 6.07) is 24.2. The predicted octanol–water partition coefficient (Wildman–Crippen LogP) is 6.44. The van der Waals surface area contributed by atoms with Crippen molar-refractivity contribution in [3.05, 3.63) is 90.0 Å². The number of fused-ring (bicyclic) bond motifs is 3. The Kier molecular flexibility index (Phi) is 4.94. The lowest BCUT2D eigenvalue weighted by Crippen LogP contribution is -2.09. The van der Waals surface area contributed by atoms with Crippen molar-refractivity contribution in [3.8, 4) is 11.5 Å². The van der Waals surface area contributed by atoms with E-state index in [4.69, 9.17) is 9.47 Å². The van der Waals surface area contributed by atoms with Gasteiger partial charge in [-0.25, -0.2) is 0 Å². The van der Waals surface area contributed by atoms with E-state index < -0.39 is 0 Å². The van der Waals surface area contributed by atoms with E-state index in [9.17, 15) is 4.79 Å². The van der Waals surface area contributed by atoms with Gasteiger partial charge in [0.15, 0.2) is 17.3 Å². The van der Waals surface area contributed by atoms with E-state index in [2.05, 4.69) is 30.3 Å². The van der Waals surface area contributed by atoms with Crippen LogP contribution in [0.1, 0.15) is 28.8 Å². The summed E-state index contributed by atoms with van der Waals surface area (Å²) in [7, 11) is 0. The summed E-state index contributed by atoms with van der Waals surface area (Å²) in [5.74, 6) is 1.29. The molecule has 0 atom stereocenters. The minimum absolute atomic E-state index is 0.0551. The molecule has 0 aromatic heterocycles. The van der Waals surface area contributed by atoms with Crippen LogP contribution in [0.5, 0.6) is 11.5 Å². The molecule has 3 nitrogen and oxygen atoms in total. The zero-order chi connectivity index (χ0) is 20.3. The van der Waals surface area contributed by atoms with Crippen LogP contribution in [0.25, 0.3) is 27.6 Å². The quantitative estimate of drug-likeness (QED) is 0.228. The number of allylic oxidation sites excluding steroid dienone is 1. The molecular weight excluding hydrogens is 372 g/mol. The SMILES string of the molecule is O=C(/C=C/c1c2ccccc2cc2ccccc12)c1ccc2c(c1)OCCCCO2. The van der Waals surface area contributed by atoms with Gasteiger partial charge in [0.1, 0.15) is 0 Å². The van der Waals surface area contributed by atoms with Crippen molar-refractivity contribution in [2.45, 2.75) is 12.8 Å². The summed E-state index contributed by atoms with van der Waals surface area (Å²) in [6.07, 6.45) is 5.51. The summed E-state index contributed by atoms with van der Waals surface area (Å²) in [5.41, 5.74) is 1.65. The van der Waals surface area contributed by atoms with E-state index in [1.54, 1.807) is 18.2 Å². The highest BCUT2D eigenvalue weighted by atomic mass is 16.5. The first-order chi connectivity index (χ1) is 14.8. The maximum absolute atomic E-state index is 12.9. The van der Waals surface area contributed by atoms with Gasteiger partial charge in [-0.05, 0) is 76.4 Å². The topological polar surface area (TPSA) is 35.5 Å². The number of carbonyl (C=O) groups is 1. The van der Waals surface area contributed by atoms with Gasteiger partial charge in [-0.1, -0.05) is 48.5 Å². The Morgan fingerprint density at radius 3 is 2.07 bits per heavy atom. The number of hydrogen-bond acceptors (Lipinski definition) is 3. The molecule has 3 heteroatoms. The molecule has 30 heavy (non-hydrogen) atoms. The van der Waals surface area contributed by atoms with Crippen molar-refractivity contribution in [2.24, 2.45) is 0 Å². The van der Waals surface area contributed by atoms with Crippen LogP contribution in [0.2, 0.25) is 0 Å². The second-order valence-corrected chi connectivity index (χ2v) is 7.50. The molecular formula is C27H22O3. The molecule has 148 valence electrons. The largest absolute Gasteiger partial charge is 0.490 e. The van der Waals surface area contributed by atoms with E-state index >= 15 is 0 Å². The van der Waals surface area contributed by atoms with Crippen molar-refractivity contribution in [2.75, 3.05) is 13.2 Å². The molecule has 0 bridgehead atoms. The Labute approximate surface area is 175 Å². The maximum Gasteiger partial charge on any atom is 0.185 e. The van der Waals surface area contributed by atoms with Gasteiger partial charge >= 0.3 is 0 Å². The Bertz CT molecular complexity index is 1220. The fourth-order valence-electron chi connectivity index (χ4n) is 3.95. The lowest BCUT2D eigenvalue weighted by molar-refractivity contribution is 0.104. The number of ether oxygens (including phenoxy) is 2. The summed E-state index contributed by atoms with van der Waals surface area (Å²) in [6.45, 7) is 1.32. The first-order valence-electron chi connectivity index (χ1n) is 10.3. The molecule has 4 aromatic rings. The molecule has 5 rings (SSSR count). The zero-order valence-corrected chi connectivity index (χ0v) is 16.6. The first kappa shape index (κ1) is 18.4. The summed E-state index contributed by atoms with van der Waals surface area (Å²) in [4.78, 5) is 12.9. The van der Waals surface area contributed by atoms with E-state index in [-0.39, 0.29) is 5.78 Å². The second-order valence-electron chi connectivity index (χ2n) is 7.50. The smallest absolute Gasteiger partial charge is 0.185 e. The van der Waals surface area contributed by atoms with E-state index in [0.29, 0.717) is 30.3 Å². The molecule has 0 fully saturated rings. The maximum atomic E-state index is 12.9. The van der Waals surface area contributed by atoms with Crippen LogP contribution in [0, 0.1) is 0 Å². The standard InChI is InChI=1S/C27H22O3/c28-25(21-11-14-26-27(18-21)30-16-6-5-15-29-26)13-12-24-22-9-3-1-7-19(22)17-20-8-2-4-10-23(20)24/h1-4,7-14,17-18H,5-6,15-16H2/b13-12+. The van der Waals surface area contributed by atoms with Gasteiger partial charge in [-0.15, -0.1) is 0 Å². The molecule has 0 N–H and O–H groups in total. The molecule has 0 saturated carbocycles. The molecule has 0 radical (unpaired) electrons. The van der Waals surface area contributed by atoms with Crippen molar-refractivity contribution in [1.82, 2.24) is 0 Å². The normalized spacial score (nSPS) is 14.0. The van der Waals surface area contributed by atoms with Crippen LogP contribution >= 0.6 is 0 Å². The number of ketones is 1. The van der Waals surface area contributed by atoms with Gasteiger partial charge in [0.2, 0.25) is 0 Å². The number of hydrogen-bond donors (Lipinski definition) is 0. The van der Waals surface area contributed by atoms with E-state index in [1.165, 1.54) is 0 Å². The molecule has 1 heterocycles. The Morgan fingerprint density at radius 2 is 1.37 bits per heavy atom. The average Bonchev–Trinajstić information content (AvgIpc) is 2.76.